The van der Waals surface area contributed by atoms with Gasteiger partial charge in [-0.2, -0.15) is 11.6 Å². The van der Waals surface area contributed by atoms with Crippen LogP contribution in [0, 0.1) is 6.08 Å². The average Bonchev–Trinajstić information content (AvgIpc) is 3.49. The van der Waals surface area contributed by atoms with Crippen molar-refractivity contribution in [3.05, 3.63) is 154 Å². The Hall–Kier alpha value is -1.96. The van der Waals surface area contributed by atoms with Gasteiger partial charge in [-0.3, -0.25) is 0 Å². The standard InChI is InChI=1S/C33H27.C2H6Si.2ClH.Zr/c1-3-24-15-17-25(18-16-24)30-22-26-10-7-8-14-29(26)32(30)33(28-12-5-4-6-13-28)19-9-11-27-20-23(2)21-31(27)33;1-3-2;;;/h4-19,21-22,32H,3H2,1-2H3;1-2H3;2*1H;/q-1;;;;+2/p-2. The first-order chi connectivity index (χ1) is 17.9. The summed E-state index contributed by atoms with van der Waals surface area (Å²) in [5.41, 5.74) is 11.8. The van der Waals surface area contributed by atoms with Gasteiger partial charge in [0.2, 0.25) is 0 Å². The van der Waals surface area contributed by atoms with Gasteiger partial charge in [0.05, 0.1) is 0 Å². The molecule has 6 rings (SSSR count). The molecular formula is C35H33Cl2SiZr-. The molecule has 0 heterocycles. The minimum atomic E-state index is -0.294. The van der Waals surface area contributed by atoms with Gasteiger partial charge in [0, 0.05) is 11.3 Å². The second kappa shape index (κ2) is 13.6. The Morgan fingerprint density at radius 2 is 1.51 bits per heavy atom. The number of allylic oxidation sites excluding steroid dienone is 9. The van der Waals surface area contributed by atoms with Crippen molar-refractivity contribution in [2.24, 2.45) is 0 Å². The minimum Gasteiger partial charge on any atom is -1.00 e. The molecule has 4 heteroatoms. The number of hydrogen-bond donors (Lipinski definition) is 0. The van der Waals surface area contributed by atoms with Crippen LogP contribution in [0.15, 0.2) is 120 Å². The third-order valence-corrected chi connectivity index (χ3v) is 7.38. The third-order valence-electron chi connectivity index (χ3n) is 7.38. The number of rotatable bonds is 4. The molecule has 0 radical (unpaired) electrons. The molecule has 0 aromatic heterocycles. The molecule has 39 heavy (non-hydrogen) atoms. The van der Waals surface area contributed by atoms with Crippen molar-refractivity contribution in [1.82, 2.24) is 0 Å². The normalized spacial score (nSPS) is 20.0. The fourth-order valence-corrected chi connectivity index (χ4v) is 5.85. The van der Waals surface area contributed by atoms with Crippen molar-refractivity contribution in [2.75, 3.05) is 0 Å². The van der Waals surface area contributed by atoms with E-state index in [0.717, 1.165) is 6.42 Å². The maximum atomic E-state index is 3.61. The van der Waals surface area contributed by atoms with Crippen molar-refractivity contribution in [3.63, 3.8) is 0 Å². The summed E-state index contributed by atoms with van der Waals surface area (Å²) in [6.07, 6.45) is 16.3. The molecule has 0 fully saturated rings. The van der Waals surface area contributed by atoms with Crippen LogP contribution in [0.5, 0.6) is 0 Å². The van der Waals surface area contributed by atoms with Crippen LogP contribution in [-0.4, -0.2) is 5.43 Å². The predicted molar refractivity (Wildman–Crippen MR) is 156 cm³/mol. The Bertz CT molecular complexity index is 1490. The molecule has 2 unspecified atom stereocenters. The number of halogens is 2. The van der Waals surface area contributed by atoms with Gasteiger partial charge in [0.1, 0.15) is 0 Å². The molecule has 2 atom stereocenters. The molecule has 3 aromatic rings. The van der Waals surface area contributed by atoms with Crippen LogP contribution < -0.4 is 24.8 Å². The summed E-state index contributed by atoms with van der Waals surface area (Å²) < 4.78 is 0. The molecule has 0 bridgehead atoms. The van der Waals surface area contributed by atoms with E-state index in [0.29, 0.717) is 0 Å². The summed E-state index contributed by atoms with van der Waals surface area (Å²) in [6, 6.07) is 29.1. The number of hydrogen-bond acceptors (Lipinski definition) is 0. The largest absolute Gasteiger partial charge is 1.00 e. The molecule has 0 N–H and O–H groups in total. The molecule has 0 aliphatic heterocycles. The Morgan fingerprint density at radius 1 is 0.872 bits per heavy atom. The summed E-state index contributed by atoms with van der Waals surface area (Å²) in [5, 5.41) is 0. The topological polar surface area (TPSA) is 0 Å². The molecule has 0 nitrogen and oxygen atoms in total. The first kappa shape index (κ1) is 31.6. The fraction of sp³-hybridized carbons (Fsp3) is 0.200. The first-order valence-corrected chi connectivity index (χ1v) is 19.3. The van der Waals surface area contributed by atoms with Crippen LogP contribution >= 0.6 is 0 Å². The second-order valence-electron chi connectivity index (χ2n) is 10.3. The first-order valence-electron chi connectivity index (χ1n) is 13.1. The Kier molecular flexibility index (Phi) is 11.0. The Morgan fingerprint density at radius 3 is 2.18 bits per heavy atom. The fourth-order valence-electron chi connectivity index (χ4n) is 5.85. The maximum Gasteiger partial charge on any atom is -1.00 e. The van der Waals surface area contributed by atoms with Gasteiger partial charge < -0.3 is 24.8 Å². The van der Waals surface area contributed by atoms with E-state index in [2.05, 4.69) is 142 Å². The average molecular weight is 644 g/mol. The number of aryl methyl sites for hydroxylation is 1. The van der Waals surface area contributed by atoms with Gasteiger partial charge in [-0.1, -0.05) is 105 Å². The van der Waals surface area contributed by atoms with E-state index in [1.54, 1.807) is 23.3 Å². The van der Waals surface area contributed by atoms with Crippen molar-refractivity contribution in [1.29, 1.82) is 0 Å². The van der Waals surface area contributed by atoms with E-state index < -0.39 is 0 Å². The van der Waals surface area contributed by atoms with E-state index in [4.69, 9.17) is 0 Å². The molecule has 0 saturated heterocycles. The summed E-state index contributed by atoms with van der Waals surface area (Å²) in [4.78, 5) is 0. The quantitative estimate of drug-likeness (QED) is 0.303. The van der Waals surface area contributed by atoms with E-state index in [-0.39, 0.29) is 41.6 Å². The van der Waals surface area contributed by atoms with Crippen molar-refractivity contribution >= 4 is 17.1 Å². The van der Waals surface area contributed by atoms with Gasteiger partial charge >= 0.3 is 41.9 Å². The van der Waals surface area contributed by atoms with Gasteiger partial charge in [-0.15, -0.1) is 29.4 Å². The van der Waals surface area contributed by atoms with Crippen LogP contribution in [0.25, 0.3) is 11.6 Å². The molecule has 196 valence electrons. The smallest absolute Gasteiger partial charge is 1.00 e. The van der Waals surface area contributed by atoms with Crippen molar-refractivity contribution in [3.8, 4) is 0 Å². The Balaban J connectivity index is 0.000000658. The van der Waals surface area contributed by atoms with Crippen molar-refractivity contribution < 1.29 is 48.1 Å². The van der Waals surface area contributed by atoms with Crippen LogP contribution in [0.1, 0.15) is 47.6 Å². The summed E-state index contributed by atoms with van der Waals surface area (Å²) in [5.74, 6) is 0.183. The van der Waals surface area contributed by atoms with Gasteiger partial charge in [-0.05, 0) is 39.8 Å². The molecule has 0 amide bonds. The zero-order chi connectivity index (χ0) is 26.0. The van der Waals surface area contributed by atoms with Crippen LogP contribution in [0.3, 0.4) is 0 Å². The van der Waals surface area contributed by atoms with E-state index in [1.807, 2.05) is 0 Å². The third kappa shape index (κ3) is 6.20. The van der Waals surface area contributed by atoms with E-state index in [1.165, 1.54) is 50.1 Å². The van der Waals surface area contributed by atoms with Crippen LogP contribution in [0.2, 0.25) is 13.1 Å². The second-order valence-corrected chi connectivity index (χ2v) is 19.6. The molecule has 3 aliphatic rings. The molecule has 0 spiro atoms. The van der Waals surface area contributed by atoms with Gasteiger partial charge in [0.15, 0.2) is 0 Å². The predicted octanol–water partition coefficient (Wildman–Crippen LogP) is 2.80. The summed E-state index contributed by atoms with van der Waals surface area (Å²) >= 11 is 1.74. The number of fused-ring (bicyclic) bond motifs is 2. The van der Waals surface area contributed by atoms with Gasteiger partial charge in [0.25, 0.3) is 0 Å². The summed E-state index contributed by atoms with van der Waals surface area (Å²) in [7, 11) is 0. The van der Waals surface area contributed by atoms with Gasteiger partial charge in [-0.25, -0.2) is 0 Å². The van der Waals surface area contributed by atoms with Crippen molar-refractivity contribution in [2.45, 2.75) is 44.7 Å². The molecule has 3 aromatic carbocycles. The zero-order valence-electron chi connectivity index (χ0n) is 22.9. The summed E-state index contributed by atoms with van der Waals surface area (Å²) in [6.45, 7) is 8.99. The van der Waals surface area contributed by atoms with E-state index in [9.17, 15) is 0 Å². The van der Waals surface area contributed by atoms with E-state index >= 15 is 0 Å². The molecular weight excluding hydrogens is 611 g/mol. The molecule has 3 aliphatic carbocycles. The molecule has 0 saturated carbocycles. The van der Waals surface area contributed by atoms with Crippen LogP contribution in [-0.2, 0) is 35.2 Å². The van der Waals surface area contributed by atoms with Crippen LogP contribution in [0.4, 0.5) is 0 Å². The maximum absolute atomic E-state index is 3.61. The SMILES string of the molecule is CCc1ccc(C2=Cc3ccccc3C2C2(c3ccccc3)C=CC=C3[C-]=C(C)C=C32)cc1.C[Si](C)=[Zr+2].[Cl-].[Cl-]. The minimum absolute atomic E-state index is 0. The number of benzene rings is 3. The Labute approximate surface area is 261 Å². The zero-order valence-corrected chi connectivity index (χ0v) is 27.9. The monoisotopic (exact) mass is 641 g/mol.